The molecule has 1 aromatic carbocycles. The number of rotatable bonds is 7. The average Bonchev–Trinajstić information content (AvgIpc) is 2.93. The summed E-state index contributed by atoms with van der Waals surface area (Å²) in [4.78, 5) is 27.3. The monoisotopic (exact) mass is 366 g/mol. The molecule has 0 radical (unpaired) electrons. The minimum absolute atomic E-state index is 0.0145. The molecule has 0 saturated carbocycles. The number of halogens is 1. The van der Waals surface area contributed by atoms with Crippen LogP contribution in [0, 0.1) is 0 Å². The Morgan fingerprint density at radius 2 is 2.04 bits per heavy atom. The summed E-state index contributed by atoms with van der Waals surface area (Å²) < 4.78 is 0. The van der Waals surface area contributed by atoms with E-state index >= 15 is 0 Å². The van der Waals surface area contributed by atoms with Crippen LogP contribution in [0.2, 0.25) is 5.02 Å². The largest absolute Gasteiger partial charge is 0.481 e. The maximum absolute atomic E-state index is 12.2. The van der Waals surface area contributed by atoms with Crippen LogP contribution in [0.4, 0.5) is 0 Å². The Labute approximate surface area is 149 Å². The Morgan fingerprint density at radius 1 is 1.33 bits per heavy atom. The number of amides is 1. The molecule has 2 rings (SSSR count). The Kier molecular flexibility index (Phi) is 5.96. The van der Waals surface area contributed by atoms with E-state index in [4.69, 9.17) is 16.7 Å². The normalized spacial score (nSPS) is 11.3. The van der Waals surface area contributed by atoms with E-state index in [1.807, 2.05) is 37.4 Å². The number of benzene rings is 1. The van der Waals surface area contributed by atoms with Crippen molar-refractivity contribution in [3.05, 3.63) is 40.4 Å². The maximum Gasteiger partial charge on any atom is 0.303 e. The Bertz CT molecular complexity index is 743. The number of thiazole rings is 1. The second-order valence-corrected chi connectivity index (χ2v) is 7.39. The summed E-state index contributed by atoms with van der Waals surface area (Å²) in [7, 11) is 0. The lowest BCUT2D eigenvalue weighted by atomic mass is 9.98. The first-order chi connectivity index (χ1) is 11.3. The Hall–Kier alpha value is -1.92. The van der Waals surface area contributed by atoms with Crippen LogP contribution in [0.25, 0.3) is 10.6 Å². The van der Waals surface area contributed by atoms with Crippen LogP contribution < -0.4 is 5.32 Å². The van der Waals surface area contributed by atoms with Crippen LogP contribution in [-0.4, -0.2) is 27.5 Å². The molecule has 1 heterocycles. The van der Waals surface area contributed by atoms with Crippen molar-refractivity contribution < 1.29 is 14.7 Å². The first kappa shape index (κ1) is 18.4. The number of aromatic nitrogens is 1. The van der Waals surface area contributed by atoms with Gasteiger partial charge in [-0.05, 0) is 26.3 Å². The van der Waals surface area contributed by atoms with Gasteiger partial charge >= 0.3 is 5.97 Å². The first-order valence-corrected chi connectivity index (χ1v) is 8.75. The van der Waals surface area contributed by atoms with E-state index in [0.29, 0.717) is 17.1 Å². The fraction of sp³-hybridized carbons (Fsp3) is 0.353. The van der Waals surface area contributed by atoms with E-state index in [1.165, 1.54) is 11.3 Å². The summed E-state index contributed by atoms with van der Waals surface area (Å²) in [6, 6.07) is 7.43. The minimum Gasteiger partial charge on any atom is -0.481 e. The van der Waals surface area contributed by atoms with Crippen molar-refractivity contribution in [2.75, 3.05) is 0 Å². The molecule has 24 heavy (non-hydrogen) atoms. The molecule has 0 atom stereocenters. The Morgan fingerprint density at radius 3 is 2.71 bits per heavy atom. The molecule has 0 aliphatic rings. The zero-order valence-corrected chi connectivity index (χ0v) is 15.1. The van der Waals surface area contributed by atoms with E-state index in [-0.39, 0.29) is 18.7 Å². The van der Waals surface area contributed by atoms with Crippen molar-refractivity contribution >= 4 is 34.8 Å². The lowest BCUT2D eigenvalue weighted by Gasteiger charge is -2.25. The van der Waals surface area contributed by atoms with Crippen LogP contribution in [0.1, 0.15) is 32.4 Å². The van der Waals surface area contributed by atoms with E-state index in [1.54, 1.807) is 6.07 Å². The van der Waals surface area contributed by atoms with Crippen LogP contribution in [0.3, 0.4) is 0 Å². The SMILES string of the molecule is CC(C)(CCC(=O)O)NC(=O)Cc1csc(-c2ccccc2Cl)n1. The van der Waals surface area contributed by atoms with Gasteiger partial charge in [0.15, 0.2) is 0 Å². The molecule has 1 aromatic heterocycles. The van der Waals surface area contributed by atoms with Gasteiger partial charge in [-0.3, -0.25) is 9.59 Å². The zero-order valence-electron chi connectivity index (χ0n) is 13.5. The van der Waals surface area contributed by atoms with E-state index in [2.05, 4.69) is 10.3 Å². The van der Waals surface area contributed by atoms with Gasteiger partial charge < -0.3 is 10.4 Å². The van der Waals surface area contributed by atoms with Gasteiger partial charge in [-0.15, -0.1) is 11.3 Å². The van der Waals surface area contributed by atoms with Gasteiger partial charge in [0.2, 0.25) is 5.91 Å². The summed E-state index contributed by atoms with van der Waals surface area (Å²) in [5, 5.41) is 14.8. The highest BCUT2D eigenvalue weighted by molar-refractivity contribution is 7.13. The van der Waals surface area contributed by atoms with E-state index < -0.39 is 11.5 Å². The molecule has 0 spiro atoms. The third kappa shape index (κ3) is 5.32. The van der Waals surface area contributed by atoms with Gasteiger partial charge in [-0.25, -0.2) is 4.98 Å². The molecule has 7 heteroatoms. The average molecular weight is 367 g/mol. The molecule has 0 aliphatic heterocycles. The highest BCUT2D eigenvalue weighted by atomic mass is 35.5. The van der Waals surface area contributed by atoms with Gasteiger partial charge in [0.25, 0.3) is 0 Å². The summed E-state index contributed by atoms with van der Waals surface area (Å²) in [5.74, 6) is -1.05. The number of hydrogen-bond acceptors (Lipinski definition) is 4. The highest BCUT2D eigenvalue weighted by Gasteiger charge is 2.22. The number of carbonyl (C=O) groups is 2. The summed E-state index contributed by atoms with van der Waals surface area (Å²) in [6.07, 6.45) is 0.536. The number of carboxylic acids is 1. The molecule has 2 aromatic rings. The van der Waals surface area contributed by atoms with Crippen molar-refractivity contribution in [3.8, 4) is 10.6 Å². The van der Waals surface area contributed by atoms with Gasteiger partial charge in [-0.2, -0.15) is 0 Å². The maximum atomic E-state index is 12.2. The lowest BCUT2D eigenvalue weighted by Crippen LogP contribution is -2.44. The molecule has 5 nitrogen and oxygen atoms in total. The molecule has 0 bridgehead atoms. The molecule has 1 amide bonds. The van der Waals surface area contributed by atoms with E-state index in [9.17, 15) is 9.59 Å². The number of nitrogens with one attached hydrogen (secondary N) is 1. The molecular formula is C17H19ClN2O3S. The van der Waals surface area contributed by atoms with Crippen molar-refractivity contribution in [1.82, 2.24) is 10.3 Å². The smallest absolute Gasteiger partial charge is 0.303 e. The van der Waals surface area contributed by atoms with Crippen LogP contribution in [0.15, 0.2) is 29.6 Å². The van der Waals surface area contributed by atoms with Gasteiger partial charge in [0.1, 0.15) is 5.01 Å². The topological polar surface area (TPSA) is 79.3 Å². The quantitative estimate of drug-likeness (QED) is 0.781. The molecule has 2 N–H and O–H groups in total. The third-order valence-electron chi connectivity index (χ3n) is 3.44. The molecular weight excluding hydrogens is 348 g/mol. The fourth-order valence-electron chi connectivity index (χ4n) is 2.21. The molecule has 0 fully saturated rings. The fourth-order valence-corrected chi connectivity index (χ4v) is 3.35. The van der Waals surface area contributed by atoms with Crippen molar-refractivity contribution in [3.63, 3.8) is 0 Å². The highest BCUT2D eigenvalue weighted by Crippen LogP contribution is 2.30. The summed E-state index contributed by atoms with van der Waals surface area (Å²) >= 11 is 7.60. The van der Waals surface area contributed by atoms with Gasteiger partial charge in [-0.1, -0.05) is 29.8 Å². The van der Waals surface area contributed by atoms with Gasteiger partial charge in [0.05, 0.1) is 17.1 Å². The number of nitrogens with zero attached hydrogens (tertiary/aromatic N) is 1. The second-order valence-electron chi connectivity index (χ2n) is 6.13. The zero-order chi connectivity index (χ0) is 17.7. The molecule has 0 unspecified atom stereocenters. The third-order valence-corrected chi connectivity index (χ3v) is 4.69. The van der Waals surface area contributed by atoms with Crippen molar-refractivity contribution in [1.29, 1.82) is 0 Å². The number of carbonyl (C=O) groups excluding carboxylic acids is 1. The predicted octanol–water partition coefficient (Wildman–Crippen LogP) is 3.77. The molecule has 128 valence electrons. The van der Waals surface area contributed by atoms with Crippen LogP contribution in [-0.2, 0) is 16.0 Å². The molecule has 0 saturated heterocycles. The second kappa shape index (κ2) is 7.77. The lowest BCUT2D eigenvalue weighted by molar-refractivity contribution is -0.137. The Balaban J connectivity index is 1.98. The predicted molar refractivity (Wildman–Crippen MR) is 95.4 cm³/mol. The molecule has 0 aliphatic carbocycles. The van der Waals surface area contributed by atoms with Crippen molar-refractivity contribution in [2.45, 2.75) is 38.6 Å². The number of carboxylic acid groups (broad SMARTS) is 1. The van der Waals surface area contributed by atoms with Crippen LogP contribution in [0.5, 0.6) is 0 Å². The standard InChI is InChI=1S/C17H19ClN2O3S/c1-17(2,8-7-15(22)23)20-14(21)9-11-10-24-16(19-11)12-5-3-4-6-13(12)18/h3-6,10H,7-9H2,1-2H3,(H,20,21)(H,22,23). The van der Waals surface area contributed by atoms with Crippen molar-refractivity contribution in [2.24, 2.45) is 0 Å². The van der Waals surface area contributed by atoms with Gasteiger partial charge in [0, 0.05) is 22.9 Å². The summed E-state index contributed by atoms with van der Waals surface area (Å²) in [6.45, 7) is 3.62. The summed E-state index contributed by atoms with van der Waals surface area (Å²) in [5.41, 5.74) is 0.941. The minimum atomic E-state index is -0.874. The number of aliphatic carboxylic acids is 1. The van der Waals surface area contributed by atoms with E-state index in [0.717, 1.165) is 10.6 Å². The number of hydrogen-bond donors (Lipinski definition) is 2. The first-order valence-electron chi connectivity index (χ1n) is 7.49. The van der Waals surface area contributed by atoms with Crippen LogP contribution >= 0.6 is 22.9 Å².